The quantitative estimate of drug-likeness (QED) is 0.437. The Labute approximate surface area is 181 Å². The Morgan fingerprint density at radius 1 is 1.06 bits per heavy atom. The number of morpholine rings is 1. The number of aromatic hydroxyl groups is 1. The van der Waals surface area contributed by atoms with Gasteiger partial charge in [0.15, 0.2) is 0 Å². The summed E-state index contributed by atoms with van der Waals surface area (Å²) in [6.45, 7) is 5.67. The number of nitrogens with zero attached hydrogens (tertiary/aromatic N) is 2. The molecule has 1 atom stereocenters. The van der Waals surface area contributed by atoms with Gasteiger partial charge in [0.05, 0.1) is 24.8 Å². The van der Waals surface area contributed by atoms with Gasteiger partial charge < -0.3 is 19.8 Å². The molecule has 2 heterocycles. The second-order valence-electron chi connectivity index (χ2n) is 7.91. The van der Waals surface area contributed by atoms with E-state index in [9.17, 15) is 19.8 Å². The lowest BCUT2D eigenvalue weighted by molar-refractivity contribution is -0.140. The second-order valence-corrected chi connectivity index (χ2v) is 7.91. The van der Waals surface area contributed by atoms with Gasteiger partial charge in [-0.3, -0.25) is 14.5 Å². The summed E-state index contributed by atoms with van der Waals surface area (Å²) in [6.07, 6.45) is 0. The molecule has 1 amide bonds. The SMILES string of the molecule is Cc1ccc(/C(O)=C2\C(=O)C(=O)N(CCN3CCOCC3)C2c2cccc(O)c2)cc1. The summed E-state index contributed by atoms with van der Waals surface area (Å²) in [5, 5.41) is 21.0. The number of hydrogen-bond acceptors (Lipinski definition) is 6. The van der Waals surface area contributed by atoms with E-state index >= 15 is 0 Å². The predicted octanol–water partition coefficient (Wildman–Crippen LogP) is 2.45. The molecule has 4 rings (SSSR count). The van der Waals surface area contributed by atoms with Gasteiger partial charge in [-0.05, 0) is 24.6 Å². The summed E-state index contributed by atoms with van der Waals surface area (Å²) >= 11 is 0. The molecule has 0 aliphatic carbocycles. The Morgan fingerprint density at radius 2 is 1.77 bits per heavy atom. The summed E-state index contributed by atoms with van der Waals surface area (Å²) in [6, 6.07) is 12.8. The third kappa shape index (κ3) is 4.33. The van der Waals surface area contributed by atoms with Crippen LogP contribution >= 0.6 is 0 Å². The maximum absolute atomic E-state index is 13.0. The minimum absolute atomic E-state index is 0.0339. The highest BCUT2D eigenvalue weighted by Crippen LogP contribution is 2.40. The van der Waals surface area contributed by atoms with Crippen molar-refractivity contribution in [2.24, 2.45) is 0 Å². The zero-order valence-electron chi connectivity index (χ0n) is 17.5. The molecule has 7 nitrogen and oxygen atoms in total. The van der Waals surface area contributed by atoms with E-state index in [4.69, 9.17) is 4.74 Å². The molecule has 2 aliphatic rings. The largest absolute Gasteiger partial charge is 0.508 e. The second kappa shape index (κ2) is 8.91. The van der Waals surface area contributed by atoms with Crippen LogP contribution in [0.15, 0.2) is 54.1 Å². The average Bonchev–Trinajstić information content (AvgIpc) is 3.03. The van der Waals surface area contributed by atoms with E-state index in [0.717, 1.165) is 18.7 Å². The highest BCUT2D eigenvalue weighted by atomic mass is 16.5. The fourth-order valence-electron chi connectivity index (χ4n) is 4.09. The number of benzene rings is 2. The van der Waals surface area contributed by atoms with Crippen LogP contribution in [0.1, 0.15) is 22.7 Å². The van der Waals surface area contributed by atoms with Crippen molar-refractivity contribution in [1.29, 1.82) is 0 Å². The number of phenols is 1. The molecular weight excluding hydrogens is 396 g/mol. The van der Waals surface area contributed by atoms with Gasteiger partial charge in [-0.1, -0.05) is 42.0 Å². The number of rotatable bonds is 5. The molecule has 2 saturated heterocycles. The summed E-state index contributed by atoms with van der Waals surface area (Å²) in [4.78, 5) is 29.7. The Hall–Kier alpha value is -3.16. The van der Waals surface area contributed by atoms with Crippen LogP contribution in [0.2, 0.25) is 0 Å². The number of carbonyl (C=O) groups excluding carboxylic acids is 2. The number of aliphatic hydroxyl groups is 1. The van der Waals surface area contributed by atoms with Gasteiger partial charge in [-0.25, -0.2) is 0 Å². The van der Waals surface area contributed by atoms with Crippen LogP contribution in [0, 0.1) is 6.92 Å². The maximum atomic E-state index is 13.0. The Kier molecular flexibility index (Phi) is 6.06. The molecule has 0 bridgehead atoms. The van der Waals surface area contributed by atoms with E-state index in [1.807, 2.05) is 19.1 Å². The van der Waals surface area contributed by atoms with Gasteiger partial charge in [0, 0.05) is 31.7 Å². The van der Waals surface area contributed by atoms with E-state index < -0.39 is 17.7 Å². The third-order valence-electron chi connectivity index (χ3n) is 5.81. The zero-order valence-corrected chi connectivity index (χ0v) is 17.5. The van der Waals surface area contributed by atoms with Crippen LogP contribution in [0.25, 0.3) is 5.76 Å². The van der Waals surface area contributed by atoms with Gasteiger partial charge in [-0.2, -0.15) is 0 Å². The van der Waals surface area contributed by atoms with E-state index in [1.54, 1.807) is 24.3 Å². The highest BCUT2D eigenvalue weighted by Gasteiger charge is 2.46. The van der Waals surface area contributed by atoms with Crippen LogP contribution < -0.4 is 0 Å². The van der Waals surface area contributed by atoms with Gasteiger partial charge >= 0.3 is 0 Å². The van der Waals surface area contributed by atoms with Crippen LogP contribution in [0.4, 0.5) is 0 Å². The normalized spacial score (nSPS) is 21.6. The van der Waals surface area contributed by atoms with Gasteiger partial charge in [0.1, 0.15) is 11.5 Å². The van der Waals surface area contributed by atoms with Crippen molar-refractivity contribution >= 4 is 17.4 Å². The number of phenolic OH excluding ortho intramolecular Hbond substituents is 1. The van der Waals surface area contributed by atoms with Crippen LogP contribution in [-0.2, 0) is 14.3 Å². The average molecular weight is 422 g/mol. The Morgan fingerprint density at radius 3 is 2.45 bits per heavy atom. The lowest BCUT2D eigenvalue weighted by atomic mass is 9.95. The summed E-state index contributed by atoms with van der Waals surface area (Å²) in [5.41, 5.74) is 2.12. The number of likely N-dealkylation sites (tertiary alicyclic amines) is 1. The number of aliphatic hydroxyl groups excluding tert-OH is 1. The fraction of sp³-hybridized carbons (Fsp3) is 0.333. The molecule has 2 fully saturated rings. The third-order valence-corrected chi connectivity index (χ3v) is 5.81. The molecule has 0 radical (unpaired) electrons. The van der Waals surface area contributed by atoms with E-state index in [0.29, 0.717) is 37.4 Å². The number of ether oxygens (including phenoxy) is 1. The lowest BCUT2D eigenvalue weighted by Gasteiger charge is -2.31. The van der Waals surface area contributed by atoms with Crippen molar-refractivity contribution in [2.75, 3.05) is 39.4 Å². The van der Waals surface area contributed by atoms with Crippen molar-refractivity contribution < 1.29 is 24.5 Å². The number of ketones is 1. The van der Waals surface area contributed by atoms with E-state index in [-0.39, 0.29) is 17.1 Å². The first-order valence-electron chi connectivity index (χ1n) is 10.4. The predicted molar refractivity (Wildman–Crippen MR) is 116 cm³/mol. The highest BCUT2D eigenvalue weighted by molar-refractivity contribution is 6.46. The smallest absolute Gasteiger partial charge is 0.295 e. The van der Waals surface area contributed by atoms with Crippen molar-refractivity contribution in [2.45, 2.75) is 13.0 Å². The van der Waals surface area contributed by atoms with Crippen LogP contribution in [0.5, 0.6) is 5.75 Å². The Balaban J connectivity index is 1.73. The fourth-order valence-corrected chi connectivity index (χ4v) is 4.09. The van der Waals surface area contributed by atoms with Gasteiger partial charge in [-0.15, -0.1) is 0 Å². The first kappa shape index (κ1) is 21.1. The molecule has 2 aliphatic heterocycles. The standard InChI is InChI=1S/C24H26N2O5/c1-16-5-7-17(8-6-16)22(28)20-21(18-3-2-4-19(27)15-18)26(24(30)23(20)29)10-9-25-11-13-31-14-12-25/h2-8,15,21,27-28H,9-14H2,1H3/b22-20+. The number of amides is 1. The first-order valence-corrected chi connectivity index (χ1v) is 10.4. The lowest BCUT2D eigenvalue weighted by Crippen LogP contribution is -2.42. The molecule has 7 heteroatoms. The number of hydrogen-bond donors (Lipinski definition) is 2. The molecule has 2 N–H and O–H groups in total. The number of Topliss-reactive ketones (excluding diaryl/α,β-unsaturated/α-hetero) is 1. The summed E-state index contributed by atoms with van der Waals surface area (Å²) in [7, 11) is 0. The topological polar surface area (TPSA) is 90.3 Å². The molecule has 0 spiro atoms. The van der Waals surface area contributed by atoms with Gasteiger partial charge in [0.25, 0.3) is 11.7 Å². The number of aryl methyl sites for hydroxylation is 1. The Bertz CT molecular complexity index is 1010. The maximum Gasteiger partial charge on any atom is 0.295 e. The first-order chi connectivity index (χ1) is 15.0. The summed E-state index contributed by atoms with van der Waals surface area (Å²) < 4.78 is 5.37. The molecule has 0 aromatic heterocycles. The minimum Gasteiger partial charge on any atom is -0.508 e. The van der Waals surface area contributed by atoms with Gasteiger partial charge in [0.2, 0.25) is 0 Å². The number of carbonyl (C=O) groups is 2. The molecule has 2 aromatic rings. The molecule has 1 unspecified atom stereocenters. The van der Waals surface area contributed by atoms with Crippen molar-refractivity contribution in [1.82, 2.24) is 9.80 Å². The van der Waals surface area contributed by atoms with Crippen molar-refractivity contribution in [3.8, 4) is 5.75 Å². The van der Waals surface area contributed by atoms with E-state index in [1.165, 1.54) is 17.0 Å². The monoisotopic (exact) mass is 422 g/mol. The van der Waals surface area contributed by atoms with Crippen LogP contribution in [-0.4, -0.2) is 71.1 Å². The molecule has 2 aromatic carbocycles. The molecule has 0 saturated carbocycles. The summed E-state index contributed by atoms with van der Waals surface area (Å²) in [5.74, 6) is -1.53. The van der Waals surface area contributed by atoms with Crippen LogP contribution in [0.3, 0.4) is 0 Å². The van der Waals surface area contributed by atoms with Crippen molar-refractivity contribution in [3.05, 3.63) is 70.8 Å². The zero-order chi connectivity index (χ0) is 22.0. The minimum atomic E-state index is -0.769. The van der Waals surface area contributed by atoms with E-state index in [2.05, 4.69) is 4.90 Å². The molecular formula is C24H26N2O5. The molecule has 162 valence electrons. The van der Waals surface area contributed by atoms with Crippen molar-refractivity contribution in [3.63, 3.8) is 0 Å². The molecule has 31 heavy (non-hydrogen) atoms.